The van der Waals surface area contributed by atoms with Crippen LogP contribution < -0.4 is 0 Å². The van der Waals surface area contributed by atoms with Gasteiger partial charge in [0.15, 0.2) is 0 Å². The van der Waals surface area contributed by atoms with Crippen LogP contribution >= 0.6 is 38.9 Å². The molecule has 0 amide bonds. The molecule has 0 aliphatic heterocycles. The Bertz CT molecular complexity index is 282. The Balaban J connectivity index is 2.15. The first kappa shape index (κ1) is 13.5. The molecule has 1 rings (SSSR count). The number of alkyl halides is 1. The predicted molar refractivity (Wildman–Crippen MR) is 69.9 cm³/mol. The van der Waals surface area contributed by atoms with Crippen LogP contribution in [0.4, 0.5) is 0 Å². The summed E-state index contributed by atoms with van der Waals surface area (Å²) in [5, 5.41) is 2.17. The summed E-state index contributed by atoms with van der Waals surface area (Å²) in [4.78, 5) is 2.24. The SMILES string of the molecule is CN(CCOCCCl)Cc1csc(Br)c1. The zero-order valence-corrected chi connectivity index (χ0v) is 11.9. The molecule has 0 atom stereocenters. The van der Waals surface area contributed by atoms with Gasteiger partial charge in [0.05, 0.1) is 17.0 Å². The summed E-state index contributed by atoms with van der Waals surface area (Å²) in [7, 11) is 2.09. The molecule has 0 fully saturated rings. The van der Waals surface area contributed by atoms with E-state index in [-0.39, 0.29) is 0 Å². The summed E-state index contributed by atoms with van der Waals surface area (Å²) in [6.45, 7) is 3.28. The van der Waals surface area contributed by atoms with Gasteiger partial charge in [-0.3, -0.25) is 4.90 Å². The van der Waals surface area contributed by atoms with E-state index in [1.54, 1.807) is 11.3 Å². The van der Waals surface area contributed by atoms with Crippen molar-refractivity contribution >= 4 is 38.9 Å². The number of rotatable bonds is 7. The first-order chi connectivity index (χ1) is 7.22. The topological polar surface area (TPSA) is 12.5 Å². The van der Waals surface area contributed by atoms with E-state index in [4.69, 9.17) is 16.3 Å². The number of halogens is 2. The lowest BCUT2D eigenvalue weighted by Gasteiger charge is -2.15. The van der Waals surface area contributed by atoms with E-state index in [0.29, 0.717) is 12.5 Å². The second-order valence-corrected chi connectivity index (χ2v) is 5.97. The quantitative estimate of drug-likeness (QED) is 0.566. The molecule has 0 aromatic carbocycles. The maximum atomic E-state index is 5.51. The van der Waals surface area contributed by atoms with E-state index in [2.05, 4.69) is 39.3 Å². The number of nitrogens with zero attached hydrogens (tertiary/aromatic N) is 1. The average molecular weight is 313 g/mol. The van der Waals surface area contributed by atoms with Crippen molar-refractivity contribution in [2.75, 3.05) is 32.7 Å². The molecule has 1 heterocycles. The van der Waals surface area contributed by atoms with Crippen LogP contribution in [0.15, 0.2) is 15.2 Å². The van der Waals surface area contributed by atoms with Crippen molar-refractivity contribution < 1.29 is 4.74 Å². The van der Waals surface area contributed by atoms with Gasteiger partial charge in [-0.1, -0.05) is 0 Å². The summed E-state index contributed by atoms with van der Waals surface area (Å²) >= 11 is 10.7. The minimum atomic E-state index is 0.571. The van der Waals surface area contributed by atoms with Crippen molar-refractivity contribution in [1.82, 2.24) is 4.90 Å². The summed E-state index contributed by atoms with van der Waals surface area (Å²) in [6, 6.07) is 2.15. The van der Waals surface area contributed by atoms with Gasteiger partial charge in [0, 0.05) is 19.0 Å². The Morgan fingerprint density at radius 3 is 2.93 bits per heavy atom. The van der Waals surface area contributed by atoms with Gasteiger partial charge in [0.25, 0.3) is 0 Å². The van der Waals surface area contributed by atoms with E-state index in [0.717, 1.165) is 19.7 Å². The van der Waals surface area contributed by atoms with Gasteiger partial charge in [-0.15, -0.1) is 22.9 Å². The Kier molecular flexibility index (Phi) is 6.84. The molecule has 0 unspecified atom stereocenters. The molecular weight excluding hydrogens is 298 g/mol. The van der Waals surface area contributed by atoms with Gasteiger partial charge in [-0.2, -0.15) is 0 Å². The fraction of sp³-hybridized carbons (Fsp3) is 0.600. The highest BCUT2D eigenvalue weighted by Gasteiger charge is 2.02. The number of likely N-dealkylation sites (N-methyl/N-ethyl adjacent to an activating group) is 1. The lowest BCUT2D eigenvalue weighted by molar-refractivity contribution is 0.122. The molecule has 1 aromatic heterocycles. The van der Waals surface area contributed by atoms with Gasteiger partial charge < -0.3 is 4.74 Å². The van der Waals surface area contributed by atoms with Gasteiger partial charge in [-0.25, -0.2) is 0 Å². The Morgan fingerprint density at radius 1 is 1.53 bits per heavy atom. The molecule has 0 aliphatic rings. The fourth-order valence-electron chi connectivity index (χ4n) is 1.20. The molecule has 0 N–H and O–H groups in total. The lowest BCUT2D eigenvalue weighted by Crippen LogP contribution is -2.22. The Labute approximate surface area is 108 Å². The lowest BCUT2D eigenvalue weighted by atomic mass is 10.3. The molecule has 5 heteroatoms. The first-order valence-electron chi connectivity index (χ1n) is 4.77. The zero-order valence-electron chi connectivity index (χ0n) is 8.71. The van der Waals surface area contributed by atoms with Crippen LogP contribution in [0.25, 0.3) is 0 Å². The standard InChI is InChI=1S/C10H15BrClNOS/c1-13(3-5-14-4-2-12)7-9-6-10(11)15-8-9/h6,8H,2-5,7H2,1H3. The van der Waals surface area contributed by atoms with Gasteiger partial charge in [-0.05, 0) is 40.0 Å². The molecule has 0 bridgehead atoms. The van der Waals surface area contributed by atoms with Crippen molar-refractivity contribution in [3.8, 4) is 0 Å². The van der Waals surface area contributed by atoms with E-state index in [1.165, 1.54) is 9.35 Å². The van der Waals surface area contributed by atoms with Crippen LogP contribution in [0, 0.1) is 0 Å². The minimum absolute atomic E-state index is 0.571. The van der Waals surface area contributed by atoms with Crippen molar-refractivity contribution in [2.24, 2.45) is 0 Å². The van der Waals surface area contributed by atoms with Crippen molar-refractivity contribution in [3.05, 3.63) is 20.8 Å². The smallest absolute Gasteiger partial charge is 0.0701 e. The minimum Gasteiger partial charge on any atom is -0.379 e. The number of thiophene rings is 1. The Hall–Kier alpha value is 0.390. The van der Waals surface area contributed by atoms with Gasteiger partial charge in [0.1, 0.15) is 0 Å². The Morgan fingerprint density at radius 2 is 2.33 bits per heavy atom. The molecule has 0 spiro atoms. The maximum Gasteiger partial charge on any atom is 0.0701 e. The van der Waals surface area contributed by atoms with Crippen LogP contribution in [0.3, 0.4) is 0 Å². The van der Waals surface area contributed by atoms with E-state index in [9.17, 15) is 0 Å². The molecule has 2 nitrogen and oxygen atoms in total. The molecule has 86 valence electrons. The van der Waals surface area contributed by atoms with E-state index in [1.807, 2.05) is 0 Å². The van der Waals surface area contributed by atoms with E-state index < -0.39 is 0 Å². The summed E-state index contributed by atoms with van der Waals surface area (Å²) < 4.78 is 6.50. The average Bonchev–Trinajstić information content (AvgIpc) is 2.59. The monoisotopic (exact) mass is 311 g/mol. The van der Waals surface area contributed by atoms with Crippen LogP contribution in [0.5, 0.6) is 0 Å². The second kappa shape index (κ2) is 7.63. The molecule has 0 saturated heterocycles. The zero-order chi connectivity index (χ0) is 11.1. The first-order valence-corrected chi connectivity index (χ1v) is 6.98. The van der Waals surface area contributed by atoms with Crippen molar-refractivity contribution in [2.45, 2.75) is 6.54 Å². The molecule has 1 aromatic rings. The van der Waals surface area contributed by atoms with Crippen LogP contribution in [-0.2, 0) is 11.3 Å². The third-order valence-electron chi connectivity index (χ3n) is 1.91. The summed E-state index contributed by atoms with van der Waals surface area (Å²) in [6.07, 6.45) is 0. The molecular formula is C10H15BrClNOS. The highest BCUT2D eigenvalue weighted by atomic mass is 79.9. The molecule has 0 aliphatic carbocycles. The third-order valence-corrected chi connectivity index (χ3v) is 3.62. The largest absolute Gasteiger partial charge is 0.379 e. The van der Waals surface area contributed by atoms with Gasteiger partial charge >= 0.3 is 0 Å². The highest BCUT2D eigenvalue weighted by molar-refractivity contribution is 9.11. The van der Waals surface area contributed by atoms with Crippen LogP contribution in [0.1, 0.15) is 5.56 Å². The fourth-order valence-corrected chi connectivity index (χ4v) is 2.51. The normalized spacial score (nSPS) is 11.2. The second-order valence-electron chi connectivity index (χ2n) is 3.30. The number of hydrogen-bond donors (Lipinski definition) is 0. The van der Waals surface area contributed by atoms with Gasteiger partial charge in [0.2, 0.25) is 0 Å². The predicted octanol–water partition coefficient (Wildman–Crippen LogP) is 3.20. The maximum absolute atomic E-state index is 5.51. The van der Waals surface area contributed by atoms with Crippen LogP contribution in [0.2, 0.25) is 0 Å². The van der Waals surface area contributed by atoms with E-state index >= 15 is 0 Å². The summed E-state index contributed by atoms with van der Waals surface area (Å²) in [5.74, 6) is 0.571. The van der Waals surface area contributed by atoms with Crippen molar-refractivity contribution in [1.29, 1.82) is 0 Å². The summed E-state index contributed by atoms with van der Waals surface area (Å²) in [5.41, 5.74) is 1.34. The number of ether oxygens (including phenoxy) is 1. The van der Waals surface area contributed by atoms with Crippen LogP contribution in [-0.4, -0.2) is 37.6 Å². The molecule has 0 radical (unpaired) electrons. The molecule has 0 saturated carbocycles. The third kappa shape index (κ3) is 5.88. The number of hydrogen-bond acceptors (Lipinski definition) is 3. The highest BCUT2D eigenvalue weighted by Crippen LogP contribution is 2.21. The molecule has 15 heavy (non-hydrogen) atoms. The van der Waals surface area contributed by atoms with Crippen molar-refractivity contribution in [3.63, 3.8) is 0 Å².